The highest BCUT2D eigenvalue weighted by molar-refractivity contribution is 7.08. The molecule has 0 saturated heterocycles. The molecule has 0 radical (unpaired) electrons. The van der Waals surface area contributed by atoms with E-state index in [1.54, 1.807) is 23.7 Å². The first kappa shape index (κ1) is 11.2. The minimum Gasteiger partial charge on any atom is -0.286 e. The normalized spacial score (nSPS) is 10.7. The Hall–Kier alpha value is -1.92. The van der Waals surface area contributed by atoms with Crippen molar-refractivity contribution in [2.45, 2.75) is 0 Å². The fourth-order valence-electron chi connectivity index (χ4n) is 1.55. The molecule has 0 spiro atoms. The van der Waals surface area contributed by atoms with Gasteiger partial charge in [-0.2, -0.15) is 21.5 Å². The molecule has 3 aromatic heterocycles. The van der Waals surface area contributed by atoms with E-state index in [0.717, 1.165) is 11.1 Å². The Balaban J connectivity index is 2.06. The molecule has 0 fully saturated rings. The molecule has 0 aliphatic carbocycles. The molecular weight excluding hydrogens is 272 g/mol. The van der Waals surface area contributed by atoms with Gasteiger partial charge in [0.1, 0.15) is 5.15 Å². The molecule has 0 aliphatic rings. The summed E-state index contributed by atoms with van der Waals surface area (Å²) in [7, 11) is 0. The quantitative estimate of drug-likeness (QED) is 0.782. The maximum Gasteiger partial charge on any atom is 0.227 e. The zero-order chi connectivity index (χ0) is 12.5. The van der Waals surface area contributed by atoms with E-state index in [-0.39, 0.29) is 16.4 Å². The molecule has 3 rings (SSSR count). The number of hydrogen-bond acceptors (Lipinski definition) is 4. The Bertz CT molecular complexity index is 732. The minimum atomic E-state index is -0.279. The summed E-state index contributed by atoms with van der Waals surface area (Å²) in [5.41, 5.74) is 1.72. The van der Waals surface area contributed by atoms with Gasteiger partial charge >= 0.3 is 0 Å². The number of aromatic nitrogens is 4. The second kappa shape index (κ2) is 4.40. The molecule has 0 amide bonds. The average Bonchev–Trinajstić information content (AvgIpc) is 2.99. The maximum absolute atomic E-state index is 11.7. The second-order valence-electron chi connectivity index (χ2n) is 3.59. The SMILES string of the molecule is O=c1cc(Cl)[nH]nc1-n1cc(-c2ccsc2)cn1. The summed E-state index contributed by atoms with van der Waals surface area (Å²) < 4.78 is 1.43. The molecule has 5 nitrogen and oxygen atoms in total. The van der Waals surface area contributed by atoms with Gasteiger partial charge < -0.3 is 0 Å². The molecule has 0 bridgehead atoms. The van der Waals surface area contributed by atoms with E-state index in [1.165, 1.54) is 10.7 Å². The van der Waals surface area contributed by atoms with Crippen molar-refractivity contribution in [3.8, 4) is 16.9 Å². The van der Waals surface area contributed by atoms with Crippen molar-refractivity contribution >= 4 is 22.9 Å². The molecule has 3 heterocycles. The van der Waals surface area contributed by atoms with E-state index in [9.17, 15) is 4.79 Å². The molecule has 0 saturated carbocycles. The van der Waals surface area contributed by atoms with Crippen molar-refractivity contribution in [2.75, 3.05) is 0 Å². The maximum atomic E-state index is 11.7. The van der Waals surface area contributed by atoms with E-state index in [4.69, 9.17) is 11.6 Å². The van der Waals surface area contributed by atoms with E-state index in [2.05, 4.69) is 15.3 Å². The van der Waals surface area contributed by atoms with Gasteiger partial charge in [0.15, 0.2) is 0 Å². The summed E-state index contributed by atoms with van der Waals surface area (Å²) in [4.78, 5) is 11.7. The van der Waals surface area contributed by atoms with E-state index < -0.39 is 0 Å². The zero-order valence-corrected chi connectivity index (χ0v) is 10.6. The molecule has 0 aliphatic heterocycles. The summed E-state index contributed by atoms with van der Waals surface area (Å²) in [6, 6.07) is 3.27. The molecule has 18 heavy (non-hydrogen) atoms. The van der Waals surface area contributed by atoms with Crippen LogP contribution in [0.1, 0.15) is 0 Å². The number of H-pyrrole nitrogens is 1. The van der Waals surface area contributed by atoms with Crippen molar-refractivity contribution < 1.29 is 0 Å². The number of aromatic amines is 1. The number of thiophene rings is 1. The van der Waals surface area contributed by atoms with Crippen LogP contribution in [0.3, 0.4) is 0 Å². The number of nitrogens with zero attached hydrogens (tertiary/aromatic N) is 3. The monoisotopic (exact) mass is 278 g/mol. The van der Waals surface area contributed by atoms with Crippen molar-refractivity contribution in [3.63, 3.8) is 0 Å². The predicted molar refractivity (Wildman–Crippen MR) is 70.3 cm³/mol. The lowest BCUT2D eigenvalue weighted by Crippen LogP contribution is -2.14. The lowest BCUT2D eigenvalue weighted by molar-refractivity contribution is 0.805. The van der Waals surface area contributed by atoms with E-state index in [1.807, 2.05) is 16.8 Å². The molecule has 0 aromatic carbocycles. The second-order valence-corrected chi connectivity index (χ2v) is 4.78. The number of nitrogens with one attached hydrogen (secondary N) is 1. The third-order valence-electron chi connectivity index (χ3n) is 2.40. The van der Waals surface area contributed by atoms with Crippen LogP contribution in [0.15, 0.2) is 40.1 Å². The summed E-state index contributed by atoms with van der Waals surface area (Å²) in [6.07, 6.45) is 3.45. The molecule has 90 valence electrons. The predicted octanol–water partition coefficient (Wildman–Crippen LogP) is 2.34. The fraction of sp³-hybridized carbons (Fsp3) is 0. The zero-order valence-electron chi connectivity index (χ0n) is 9.00. The third-order valence-corrected chi connectivity index (χ3v) is 3.28. The fourth-order valence-corrected chi connectivity index (χ4v) is 2.36. The van der Waals surface area contributed by atoms with Gasteiger partial charge in [0, 0.05) is 17.8 Å². The summed E-state index contributed by atoms with van der Waals surface area (Å²) >= 11 is 7.25. The van der Waals surface area contributed by atoms with Crippen molar-refractivity contribution in [3.05, 3.63) is 50.7 Å². The van der Waals surface area contributed by atoms with Gasteiger partial charge in [-0.25, -0.2) is 4.68 Å². The average molecular weight is 279 g/mol. The van der Waals surface area contributed by atoms with Gasteiger partial charge in [0.05, 0.1) is 6.20 Å². The standard InChI is InChI=1S/C11H7ClN4OS/c12-10-3-9(17)11(15-14-10)16-5-8(4-13-16)7-1-2-18-6-7/h1-6H,(H,14,17). The van der Waals surface area contributed by atoms with E-state index in [0.29, 0.717) is 0 Å². The first-order valence-corrected chi connectivity index (χ1v) is 6.39. The van der Waals surface area contributed by atoms with Crippen LogP contribution in [-0.4, -0.2) is 20.0 Å². The van der Waals surface area contributed by atoms with Gasteiger partial charge in [0.2, 0.25) is 11.2 Å². The van der Waals surface area contributed by atoms with Crippen LogP contribution in [0.25, 0.3) is 16.9 Å². The topological polar surface area (TPSA) is 63.6 Å². The van der Waals surface area contributed by atoms with Crippen LogP contribution < -0.4 is 5.43 Å². The summed E-state index contributed by atoms with van der Waals surface area (Å²) in [5, 5.41) is 14.7. The summed E-state index contributed by atoms with van der Waals surface area (Å²) in [6.45, 7) is 0. The number of halogens is 1. The van der Waals surface area contributed by atoms with E-state index >= 15 is 0 Å². The van der Waals surface area contributed by atoms with Crippen LogP contribution in [0.4, 0.5) is 0 Å². The first-order valence-electron chi connectivity index (χ1n) is 5.07. The Morgan fingerprint density at radius 1 is 1.39 bits per heavy atom. The van der Waals surface area contributed by atoms with Crippen LogP contribution in [-0.2, 0) is 0 Å². The Kier molecular flexibility index (Phi) is 2.73. The molecule has 7 heteroatoms. The van der Waals surface area contributed by atoms with Gasteiger partial charge in [-0.1, -0.05) is 11.6 Å². The smallest absolute Gasteiger partial charge is 0.227 e. The minimum absolute atomic E-state index is 0.195. The lowest BCUT2D eigenvalue weighted by Gasteiger charge is -1.97. The van der Waals surface area contributed by atoms with Gasteiger partial charge in [0.25, 0.3) is 0 Å². The number of rotatable bonds is 2. The molecule has 0 atom stereocenters. The highest BCUT2D eigenvalue weighted by Gasteiger charge is 2.08. The highest BCUT2D eigenvalue weighted by atomic mass is 35.5. The Morgan fingerprint density at radius 3 is 3.00 bits per heavy atom. The van der Waals surface area contributed by atoms with Crippen LogP contribution in [0.2, 0.25) is 5.15 Å². The largest absolute Gasteiger partial charge is 0.286 e. The first-order chi connectivity index (χ1) is 8.74. The molecule has 1 N–H and O–H groups in total. The van der Waals surface area contributed by atoms with Crippen LogP contribution in [0.5, 0.6) is 0 Å². The van der Waals surface area contributed by atoms with Crippen molar-refractivity contribution in [1.29, 1.82) is 0 Å². The third kappa shape index (κ3) is 1.96. The van der Waals surface area contributed by atoms with Gasteiger partial charge in [-0.15, -0.1) is 0 Å². The Morgan fingerprint density at radius 2 is 2.28 bits per heavy atom. The summed E-state index contributed by atoms with van der Waals surface area (Å²) in [5.74, 6) is 0.195. The van der Waals surface area contributed by atoms with Crippen LogP contribution in [0, 0.1) is 0 Å². The highest BCUT2D eigenvalue weighted by Crippen LogP contribution is 2.21. The van der Waals surface area contributed by atoms with Gasteiger partial charge in [-0.05, 0) is 22.4 Å². The molecule has 3 aromatic rings. The lowest BCUT2D eigenvalue weighted by atomic mass is 10.2. The number of hydrogen-bond donors (Lipinski definition) is 1. The van der Waals surface area contributed by atoms with Crippen molar-refractivity contribution in [2.24, 2.45) is 0 Å². The molecule has 0 unspecified atom stereocenters. The molecular formula is C11H7ClN4OS. The van der Waals surface area contributed by atoms with Crippen LogP contribution >= 0.6 is 22.9 Å². The van der Waals surface area contributed by atoms with Gasteiger partial charge in [-0.3, -0.25) is 9.89 Å². The van der Waals surface area contributed by atoms with Crippen molar-refractivity contribution in [1.82, 2.24) is 20.0 Å². The Labute approximate surface area is 111 Å².